The van der Waals surface area contributed by atoms with Gasteiger partial charge in [0.15, 0.2) is 6.10 Å². The lowest BCUT2D eigenvalue weighted by molar-refractivity contribution is -0.123. The van der Waals surface area contributed by atoms with E-state index in [4.69, 9.17) is 4.74 Å². The molecule has 2 aromatic rings. The fraction of sp³-hybridized carbons (Fsp3) is 0.188. The Hall–Kier alpha value is -2.55. The zero-order valence-corrected chi connectivity index (χ0v) is 14.5. The van der Waals surface area contributed by atoms with Crippen LogP contribution >= 0.6 is 15.9 Å². The molecular weight excluding hydrogens is 402 g/mol. The van der Waals surface area contributed by atoms with Crippen LogP contribution in [0.4, 0.5) is 14.5 Å². The zero-order chi connectivity index (χ0) is 18.4. The van der Waals surface area contributed by atoms with Crippen LogP contribution in [0.5, 0.6) is 5.75 Å². The van der Waals surface area contributed by atoms with Crippen LogP contribution in [0.3, 0.4) is 0 Å². The molecule has 0 aliphatic carbocycles. The lowest BCUT2D eigenvalue weighted by atomic mass is 10.2. The van der Waals surface area contributed by atoms with Gasteiger partial charge in [-0.2, -0.15) is 8.78 Å². The van der Waals surface area contributed by atoms with Crippen molar-refractivity contribution in [2.75, 3.05) is 5.32 Å². The molecule has 1 unspecified atom stereocenters. The van der Waals surface area contributed by atoms with Crippen molar-refractivity contribution >= 4 is 33.5 Å². The van der Waals surface area contributed by atoms with Crippen molar-refractivity contribution in [2.45, 2.75) is 19.6 Å². The highest BCUT2D eigenvalue weighted by molar-refractivity contribution is 9.10. The van der Waals surface area contributed by atoms with Gasteiger partial charge in [0, 0.05) is 16.9 Å². The van der Waals surface area contributed by atoms with Gasteiger partial charge < -0.3 is 14.8 Å². The number of halogens is 3. The lowest BCUT2D eigenvalue weighted by Crippen LogP contribution is -2.30. The summed E-state index contributed by atoms with van der Waals surface area (Å²) in [4.78, 5) is 27.9. The van der Waals surface area contributed by atoms with Crippen LogP contribution in [0.1, 0.15) is 17.3 Å². The molecule has 0 fully saturated rings. The van der Waals surface area contributed by atoms with Gasteiger partial charge in [-0.25, -0.2) is 4.79 Å². The third kappa shape index (κ3) is 5.49. The maximum Gasteiger partial charge on any atom is 0.387 e. The number of nitrogens with one attached hydrogen (secondary N) is 1. The summed E-state index contributed by atoms with van der Waals surface area (Å²) in [6.45, 7) is -1.67. The second kappa shape index (κ2) is 8.52. The van der Waals surface area contributed by atoms with E-state index in [2.05, 4.69) is 31.0 Å². The van der Waals surface area contributed by atoms with Crippen LogP contribution in [-0.4, -0.2) is 29.6 Å². The Kier molecular flexibility index (Phi) is 6.40. The van der Waals surface area contributed by atoms with E-state index >= 15 is 0 Å². The third-order valence-corrected chi connectivity index (χ3v) is 3.39. The molecule has 1 atom stereocenters. The van der Waals surface area contributed by atoms with Gasteiger partial charge >= 0.3 is 12.6 Å². The minimum absolute atomic E-state index is 0.0415. The minimum Gasteiger partial charge on any atom is -0.449 e. The van der Waals surface area contributed by atoms with Gasteiger partial charge in [0.2, 0.25) is 0 Å². The standard InChI is InChI=1S/C16H13BrF2N2O4/c1-9(24-15(23)10-6-11(17)8-20-7-10)14(22)21-12-4-2-3-5-13(12)25-16(18)19/h2-9,16H,1H3,(H,21,22). The quantitative estimate of drug-likeness (QED) is 0.730. The largest absolute Gasteiger partial charge is 0.449 e. The molecular formula is C16H13BrF2N2O4. The van der Waals surface area contributed by atoms with E-state index in [9.17, 15) is 18.4 Å². The van der Waals surface area contributed by atoms with E-state index in [1.165, 1.54) is 49.6 Å². The minimum atomic E-state index is -3.03. The number of esters is 1. The average Bonchev–Trinajstić information content (AvgIpc) is 2.56. The maximum atomic E-state index is 12.4. The molecule has 0 saturated heterocycles. The van der Waals surface area contributed by atoms with Crippen molar-refractivity contribution in [2.24, 2.45) is 0 Å². The zero-order valence-electron chi connectivity index (χ0n) is 12.9. The molecule has 1 aromatic carbocycles. The van der Waals surface area contributed by atoms with Gasteiger partial charge in [0.05, 0.1) is 11.3 Å². The van der Waals surface area contributed by atoms with E-state index < -0.39 is 24.6 Å². The smallest absolute Gasteiger partial charge is 0.387 e. The van der Waals surface area contributed by atoms with E-state index in [-0.39, 0.29) is 17.0 Å². The van der Waals surface area contributed by atoms with Crippen LogP contribution in [0.15, 0.2) is 47.2 Å². The molecule has 1 N–H and O–H groups in total. The second-order valence-electron chi connectivity index (χ2n) is 4.80. The first kappa shape index (κ1) is 18.8. The first-order chi connectivity index (χ1) is 11.9. The summed E-state index contributed by atoms with van der Waals surface area (Å²) in [5.74, 6) is -1.63. The number of nitrogens with zero attached hydrogens (tertiary/aromatic N) is 1. The molecule has 0 aliphatic heterocycles. The third-order valence-electron chi connectivity index (χ3n) is 2.95. The molecule has 6 nitrogen and oxygen atoms in total. The first-order valence-electron chi connectivity index (χ1n) is 7.03. The number of hydrogen-bond acceptors (Lipinski definition) is 5. The van der Waals surface area contributed by atoms with E-state index in [1.54, 1.807) is 0 Å². The van der Waals surface area contributed by atoms with Gasteiger partial charge in [0.1, 0.15) is 5.75 Å². The van der Waals surface area contributed by atoms with Crippen LogP contribution in [-0.2, 0) is 9.53 Å². The van der Waals surface area contributed by atoms with Crippen LogP contribution in [0.25, 0.3) is 0 Å². The summed E-state index contributed by atoms with van der Waals surface area (Å²) in [6, 6.07) is 7.19. The van der Waals surface area contributed by atoms with Crippen molar-refractivity contribution in [1.29, 1.82) is 0 Å². The van der Waals surface area contributed by atoms with Crippen molar-refractivity contribution in [3.05, 3.63) is 52.8 Å². The number of pyridine rings is 1. The molecule has 0 spiro atoms. The predicted molar refractivity (Wildman–Crippen MR) is 88.5 cm³/mol. The van der Waals surface area contributed by atoms with Crippen molar-refractivity contribution in [3.63, 3.8) is 0 Å². The molecule has 0 bridgehead atoms. The van der Waals surface area contributed by atoms with Gasteiger partial charge in [0.25, 0.3) is 5.91 Å². The number of benzene rings is 1. The Morgan fingerprint density at radius 1 is 1.24 bits per heavy atom. The number of alkyl halides is 2. The van der Waals surface area contributed by atoms with E-state index in [0.29, 0.717) is 4.47 Å². The molecule has 0 saturated carbocycles. The highest BCUT2D eigenvalue weighted by atomic mass is 79.9. The number of amides is 1. The molecule has 2 rings (SSSR count). The monoisotopic (exact) mass is 414 g/mol. The number of hydrogen-bond donors (Lipinski definition) is 1. The SMILES string of the molecule is CC(OC(=O)c1cncc(Br)c1)C(=O)Nc1ccccc1OC(F)F. The Labute approximate surface area is 150 Å². The Bertz CT molecular complexity index is 773. The van der Waals surface area contributed by atoms with Gasteiger partial charge in [-0.1, -0.05) is 12.1 Å². The molecule has 132 valence electrons. The normalized spacial score (nSPS) is 11.7. The van der Waals surface area contributed by atoms with Crippen molar-refractivity contribution in [3.8, 4) is 5.75 Å². The molecule has 25 heavy (non-hydrogen) atoms. The van der Waals surface area contributed by atoms with Gasteiger partial charge in [-0.3, -0.25) is 9.78 Å². The summed E-state index contributed by atoms with van der Waals surface area (Å²) >= 11 is 3.17. The summed E-state index contributed by atoms with van der Waals surface area (Å²) in [7, 11) is 0. The molecule has 9 heteroatoms. The Morgan fingerprint density at radius 2 is 1.96 bits per heavy atom. The number of aromatic nitrogens is 1. The topological polar surface area (TPSA) is 77.5 Å². The fourth-order valence-corrected chi connectivity index (χ4v) is 2.17. The van der Waals surface area contributed by atoms with Crippen LogP contribution < -0.4 is 10.1 Å². The van der Waals surface area contributed by atoms with Gasteiger partial charge in [-0.05, 0) is 41.1 Å². The number of para-hydroxylation sites is 2. The van der Waals surface area contributed by atoms with Gasteiger partial charge in [-0.15, -0.1) is 0 Å². The Balaban J connectivity index is 2.02. The molecule has 0 radical (unpaired) electrons. The maximum absolute atomic E-state index is 12.4. The lowest BCUT2D eigenvalue weighted by Gasteiger charge is -2.15. The number of ether oxygens (including phenoxy) is 2. The van der Waals surface area contributed by atoms with Crippen molar-refractivity contribution in [1.82, 2.24) is 4.98 Å². The van der Waals surface area contributed by atoms with E-state index in [0.717, 1.165) is 0 Å². The summed E-state index contributed by atoms with van der Waals surface area (Å²) in [5.41, 5.74) is 0.204. The van der Waals surface area contributed by atoms with Crippen LogP contribution in [0.2, 0.25) is 0 Å². The number of anilines is 1. The average molecular weight is 415 g/mol. The fourth-order valence-electron chi connectivity index (χ4n) is 1.81. The molecule has 0 aliphatic rings. The first-order valence-corrected chi connectivity index (χ1v) is 7.82. The van der Waals surface area contributed by atoms with Crippen LogP contribution in [0, 0.1) is 0 Å². The predicted octanol–water partition coefficient (Wildman–Crippen LogP) is 3.63. The number of rotatable bonds is 6. The number of carbonyl (C=O) groups is 2. The Morgan fingerprint density at radius 3 is 2.64 bits per heavy atom. The summed E-state index contributed by atoms with van der Waals surface area (Å²) in [6.07, 6.45) is 1.63. The summed E-state index contributed by atoms with van der Waals surface area (Å²) in [5, 5.41) is 2.38. The summed E-state index contributed by atoms with van der Waals surface area (Å²) < 4.78 is 34.7. The highest BCUT2D eigenvalue weighted by Gasteiger charge is 2.21. The highest BCUT2D eigenvalue weighted by Crippen LogP contribution is 2.25. The van der Waals surface area contributed by atoms with Crippen molar-refractivity contribution < 1.29 is 27.8 Å². The molecule has 1 amide bonds. The number of carbonyl (C=O) groups excluding carboxylic acids is 2. The van der Waals surface area contributed by atoms with E-state index in [1.807, 2.05) is 0 Å². The molecule has 1 aromatic heterocycles. The molecule has 1 heterocycles. The second-order valence-corrected chi connectivity index (χ2v) is 5.72.